The molecule has 0 radical (unpaired) electrons. The maximum absolute atomic E-state index is 13.3. The van der Waals surface area contributed by atoms with Crippen LogP contribution in [0.1, 0.15) is 107 Å². The number of fused-ring (bicyclic) bond motifs is 4. The summed E-state index contributed by atoms with van der Waals surface area (Å²) < 4.78 is 240. The SMILES string of the molecule is [2H]C1=C2C(=C3[C@@]([2H])(c4ccc(N(C([2H])([2H])[2H])C([2H])([2H])[2H])cc4)C([2H])([2H])[C@@]4(C([2H])([2H])[2H])[C@@]([2H])(C([2H])([2H])C([2H])([2H])[C@@]4(O)C#CC)[C@]3([2H])C([2H])([2H])C2([2H])[2H])C([2H])([2H])C([2H])([2H])C1=O. The molecule has 2 fully saturated rings. The van der Waals surface area contributed by atoms with Gasteiger partial charge in [-0.05, 0) is 91.8 Å². The fourth-order valence-corrected chi connectivity index (χ4v) is 3.89. The van der Waals surface area contributed by atoms with Crippen molar-refractivity contribution < 1.29 is 46.9 Å². The standard InChI is InChI=1S/C29H35NO2/c1-5-15-29(32)16-14-26-24-12-8-20-17-22(31)11-13-23(20)27(24)25(18-28(26,29)2)19-6-9-21(10-7-19)30(3)4/h6-7,9-10,17,24-26,32H,8,11-14,16,18H2,1-4H3/t24-,25+,26-,28-,29-/m0/s1/i2D3,3D3,4D3,8D2,11D2,12D2,13D2,14D2,16D2,17D,18D2,24D,25D,26D. The predicted molar refractivity (Wildman–Crippen MR) is 129 cm³/mol. The van der Waals surface area contributed by atoms with E-state index >= 15 is 0 Å². The Morgan fingerprint density at radius 2 is 2.06 bits per heavy atom. The lowest BCUT2D eigenvalue weighted by molar-refractivity contribution is -0.114. The first-order chi connectivity index (χ1) is 25.8. The molecule has 0 unspecified atom stereocenters. The fourth-order valence-electron chi connectivity index (χ4n) is 3.89. The summed E-state index contributed by atoms with van der Waals surface area (Å²) in [7, 11) is 0. The Labute approximate surface area is 230 Å². The Morgan fingerprint density at radius 1 is 1.25 bits per heavy atom. The van der Waals surface area contributed by atoms with Gasteiger partial charge in [-0.15, -0.1) is 5.92 Å². The van der Waals surface area contributed by atoms with E-state index in [0.29, 0.717) is 24.3 Å². The van der Waals surface area contributed by atoms with Crippen molar-refractivity contribution in [1.29, 1.82) is 0 Å². The number of nitrogens with zero attached hydrogens (tertiary/aromatic N) is 1. The molecule has 4 aliphatic carbocycles. The number of hydrogen-bond acceptors (Lipinski definition) is 3. The topological polar surface area (TPSA) is 40.5 Å². The summed E-state index contributed by atoms with van der Waals surface area (Å²) in [6.07, 6.45) is -30.9. The van der Waals surface area contributed by atoms with Crippen molar-refractivity contribution >= 4 is 11.5 Å². The first-order valence-electron chi connectivity index (χ1n) is 22.9. The predicted octanol–water partition coefficient (Wildman–Crippen LogP) is 5.41. The highest BCUT2D eigenvalue weighted by atomic mass is 16.3. The number of aliphatic hydroxyl groups is 1. The monoisotopic (exact) mass is 456 g/mol. The molecule has 3 heteroatoms. The van der Waals surface area contributed by atoms with E-state index in [1.165, 1.54) is 0 Å². The van der Waals surface area contributed by atoms with E-state index < -0.39 is 134 Å². The van der Waals surface area contributed by atoms with Crippen LogP contribution in [0.5, 0.6) is 0 Å². The molecule has 0 spiro atoms. The third kappa shape index (κ3) is 3.11. The lowest BCUT2D eigenvalue weighted by Gasteiger charge is -2.53. The molecule has 0 aromatic heterocycles. The second-order valence-electron chi connectivity index (χ2n) is 7.30. The molecule has 5 rings (SSSR count). The molecule has 4 aliphatic rings. The summed E-state index contributed by atoms with van der Waals surface area (Å²) in [4.78, 5) is 13.2. The second-order valence-corrected chi connectivity index (χ2v) is 7.30. The molecular formula is C29H35NO2. The van der Waals surface area contributed by atoms with E-state index in [0.717, 1.165) is 6.92 Å². The summed E-state index contributed by atoms with van der Waals surface area (Å²) in [5.74, 6) is -12.3. The lowest BCUT2D eigenvalue weighted by atomic mass is 9.51. The maximum Gasteiger partial charge on any atom is 0.156 e. The maximum atomic E-state index is 13.3. The van der Waals surface area contributed by atoms with Gasteiger partial charge in [0.1, 0.15) is 5.60 Å². The van der Waals surface area contributed by atoms with Gasteiger partial charge in [-0.25, -0.2) is 0 Å². The van der Waals surface area contributed by atoms with Crippen LogP contribution in [0, 0.1) is 29.0 Å². The summed E-state index contributed by atoms with van der Waals surface area (Å²) in [6, 6.07) is 0.378. The fraction of sp³-hybridized carbons (Fsp3) is 0.552. The minimum absolute atomic E-state index is 0.109. The number of hydrogen-bond donors (Lipinski definition) is 1. The van der Waals surface area contributed by atoms with Gasteiger partial charge < -0.3 is 10.0 Å². The molecule has 2 saturated carbocycles. The summed E-state index contributed by atoms with van der Waals surface area (Å²) >= 11 is 0. The molecule has 0 amide bonds. The van der Waals surface area contributed by atoms with Crippen LogP contribution < -0.4 is 4.90 Å². The molecule has 0 saturated heterocycles. The number of ketones is 1. The number of benzene rings is 1. The smallest absolute Gasteiger partial charge is 0.156 e. The Bertz CT molecular complexity index is 2140. The van der Waals surface area contributed by atoms with Gasteiger partial charge in [0, 0.05) is 73.0 Å². The van der Waals surface area contributed by atoms with Crippen molar-refractivity contribution in [2.45, 2.75) is 69.9 Å². The van der Waals surface area contributed by atoms with Crippen LogP contribution in [0.4, 0.5) is 5.69 Å². The van der Waals surface area contributed by atoms with E-state index in [-0.39, 0.29) is 4.90 Å². The highest BCUT2D eigenvalue weighted by molar-refractivity contribution is 5.93. The molecule has 168 valence electrons. The Balaban J connectivity index is 2.27. The van der Waals surface area contributed by atoms with E-state index in [2.05, 4.69) is 0 Å². The van der Waals surface area contributed by atoms with E-state index in [1.54, 1.807) is 5.92 Å². The zero-order valence-electron chi connectivity index (χ0n) is 43.6. The van der Waals surface area contributed by atoms with Gasteiger partial charge in [0.15, 0.2) is 5.78 Å². The molecule has 3 nitrogen and oxygen atoms in total. The Kier molecular flexibility index (Phi) is 1.58. The number of carbonyl (C=O) groups is 1. The molecule has 5 atom stereocenters. The molecule has 1 aromatic rings. The molecule has 0 bridgehead atoms. The van der Waals surface area contributed by atoms with Crippen LogP contribution >= 0.6 is 0 Å². The normalized spacial score (nSPS) is 67.7. The van der Waals surface area contributed by atoms with Crippen molar-refractivity contribution in [3.05, 3.63) is 52.6 Å². The Morgan fingerprint density at radius 3 is 2.78 bits per heavy atom. The average Bonchev–Trinajstić information content (AvgIpc) is 3.11. The van der Waals surface area contributed by atoms with Crippen LogP contribution in [0.15, 0.2) is 47.0 Å². The van der Waals surface area contributed by atoms with Gasteiger partial charge in [-0.1, -0.05) is 30.5 Å². The number of carbonyl (C=O) groups excluding carboxylic acids is 1. The third-order valence-corrected chi connectivity index (χ3v) is 5.42. The van der Waals surface area contributed by atoms with Crippen molar-refractivity contribution in [2.75, 3.05) is 18.9 Å². The van der Waals surface area contributed by atoms with E-state index in [4.69, 9.17) is 24.7 Å². The minimum atomic E-state index is -4.87. The lowest BCUT2D eigenvalue weighted by Crippen LogP contribution is -2.51. The molecule has 1 N–H and O–H groups in total. The average molecular weight is 457 g/mol. The highest BCUT2D eigenvalue weighted by Gasteiger charge is 2.62. The van der Waals surface area contributed by atoms with Crippen LogP contribution in [0.3, 0.4) is 0 Å². The first kappa shape index (κ1) is 6.63. The van der Waals surface area contributed by atoms with Gasteiger partial charge in [-0.2, -0.15) is 0 Å². The summed E-state index contributed by atoms with van der Waals surface area (Å²) in [6.45, 7) is -10.7. The minimum Gasteiger partial charge on any atom is -0.378 e. The molecule has 32 heavy (non-hydrogen) atoms. The number of rotatable bonds is 2. The van der Waals surface area contributed by atoms with Crippen LogP contribution in [0.25, 0.3) is 0 Å². The van der Waals surface area contributed by atoms with Gasteiger partial charge in [0.2, 0.25) is 0 Å². The molecular weight excluding hydrogens is 394 g/mol. The summed E-state index contributed by atoms with van der Waals surface area (Å²) in [5, 5.41) is 12.6. The zero-order valence-corrected chi connectivity index (χ0v) is 16.6. The Hall–Kier alpha value is -2.31. The van der Waals surface area contributed by atoms with E-state index in [9.17, 15) is 22.2 Å². The quantitative estimate of drug-likeness (QED) is 0.605. The van der Waals surface area contributed by atoms with Crippen molar-refractivity contribution in [1.82, 2.24) is 0 Å². The van der Waals surface area contributed by atoms with Crippen molar-refractivity contribution in [3.63, 3.8) is 0 Å². The third-order valence-electron chi connectivity index (χ3n) is 5.42. The molecule has 0 heterocycles. The second kappa shape index (κ2) is 7.63. The largest absolute Gasteiger partial charge is 0.378 e. The zero-order chi connectivity index (χ0) is 46.4. The van der Waals surface area contributed by atoms with Crippen LogP contribution in [-0.2, 0) is 4.79 Å². The van der Waals surface area contributed by atoms with Crippen molar-refractivity contribution in [2.24, 2.45) is 17.2 Å². The highest BCUT2D eigenvalue weighted by Crippen LogP contribution is 2.66. The number of anilines is 1. The van der Waals surface area contributed by atoms with Crippen molar-refractivity contribution in [3.8, 4) is 11.8 Å². The molecule has 0 aliphatic heterocycles. The van der Waals surface area contributed by atoms with Crippen LogP contribution in [-0.4, -0.2) is 30.4 Å². The van der Waals surface area contributed by atoms with E-state index in [1.807, 2.05) is 5.92 Å². The van der Waals surface area contributed by atoms with Gasteiger partial charge in [0.05, 0.1) is 1.37 Å². The first-order valence-corrected chi connectivity index (χ1v) is 9.42. The van der Waals surface area contributed by atoms with Gasteiger partial charge in [0.25, 0.3) is 0 Å². The number of allylic oxidation sites excluding steroid dienone is 4. The molecule has 1 aromatic carbocycles. The van der Waals surface area contributed by atoms with Gasteiger partial charge in [-0.3, -0.25) is 4.79 Å². The summed E-state index contributed by atoms with van der Waals surface area (Å²) in [5.41, 5.74) is -16.8. The van der Waals surface area contributed by atoms with Gasteiger partial charge >= 0.3 is 0 Å². The van der Waals surface area contributed by atoms with Crippen LogP contribution in [0.2, 0.25) is 0 Å².